The van der Waals surface area contributed by atoms with Gasteiger partial charge >= 0.3 is 0 Å². The van der Waals surface area contributed by atoms with Crippen LogP contribution in [0.3, 0.4) is 0 Å². The fourth-order valence-corrected chi connectivity index (χ4v) is 3.43. The summed E-state index contributed by atoms with van der Waals surface area (Å²) in [5, 5.41) is 0. The lowest BCUT2D eigenvalue weighted by atomic mass is 10.1. The molecule has 0 atom stereocenters. The fraction of sp³-hybridized carbons (Fsp3) is 0.364. The zero-order valence-electron chi connectivity index (χ0n) is 9.01. The molecule has 2 rings (SSSR count). The Kier molecular flexibility index (Phi) is 2.71. The number of aldehydes is 1. The molecule has 0 radical (unpaired) electrons. The molecule has 86 valence electrons. The van der Waals surface area contributed by atoms with E-state index in [1.807, 2.05) is 0 Å². The molecule has 0 N–H and O–H groups in total. The van der Waals surface area contributed by atoms with Gasteiger partial charge in [-0.05, 0) is 37.1 Å². The third kappa shape index (κ3) is 1.82. The second-order valence-corrected chi connectivity index (χ2v) is 5.91. The first kappa shape index (κ1) is 11.1. The first-order valence-electron chi connectivity index (χ1n) is 5.11. The molecule has 0 spiro atoms. The number of benzene rings is 1. The van der Waals surface area contributed by atoms with Gasteiger partial charge in [0, 0.05) is 12.1 Å². The van der Waals surface area contributed by atoms with Gasteiger partial charge in [-0.3, -0.25) is 9.10 Å². The van der Waals surface area contributed by atoms with Crippen LogP contribution in [0, 0.1) is 6.92 Å². The smallest absolute Gasteiger partial charge is 0.235 e. The normalized spacial score (nSPS) is 18.7. The van der Waals surface area contributed by atoms with Gasteiger partial charge in [0.25, 0.3) is 0 Å². The first-order valence-corrected chi connectivity index (χ1v) is 6.72. The Morgan fingerprint density at radius 3 is 2.62 bits per heavy atom. The van der Waals surface area contributed by atoms with Crippen LogP contribution in [-0.2, 0) is 10.0 Å². The van der Waals surface area contributed by atoms with Crippen LogP contribution < -0.4 is 4.31 Å². The predicted octanol–water partition coefficient (Wildman–Crippen LogP) is 1.35. The Morgan fingerprint density at radius 2 is 2.12 bits per heavy atom. The van der Waals surface area contributed by atoms with Crippen LogP contribution in [0.25, 0.3) is 0 Å². The summed E-state index contributed by atoms with van der Waals surface area (Å²) in [7, 11) is -3.13. The molecule has 0 aliphatic carbocycles. The molecule has 16 heavy (non-hydrogen) atoms. The Hall–Kier alpha value is -1.36. The molecule has 5 heteroatoms. The first-order chi connectivity index (χ1) is 7.54. The maximum Gasteiger partial charge on any atom is 0.235 e. The molecule has 0 aromatic heterocycles. The molecule has 1 aliphatic heterocycles. The van der Waals surface area contributed by atoms with Crippen molar-refractivity contribution in [3.63, 3.8) is 0 Å². The van der Waals surface area contributed by atoms with Crippen molar-refractivity contribution in [2.45, 2.75) is 13.3 Å². The van der Waals surface area contributed by atoms with Crippen molar-refractivity contribution in [3.8, 4) is 0 Å². The third-order valence-corrected chi connectivity index (χ3v) is 4.64. The largest absolute Gasteiger partial charge is 0.298 e. The van der Waals surface area contributed by atoms with Gasteiger partial charge in [-0.25, -0.2) is 8.42 Å². The minimum absolute atomic E-state index is 0.210. The number of rotatable bonds is 2. The molecule has 0 amide bonds. The number of hydrogen-bond acceptors (Lipinski definition) is 3. The molecular weight excluding hydrogens is 226 g/mol. The molecule has 1 aliphatic rings. The van der Waals surface area contributed by atoms with Crippen LogP contribution in [0.1, 0.15) is 22.3 Å². The zero-order valence-corrected chi connectivity index (χ0v) is 9.83. The number of nitrogens with zero attached hydrogens (tertiary/aromatic N) is 1. The summed E-state index contributed by atoms with van der Waals surface area (Å²) in [5.74, 6) is 0.210. The number of aryl methyl sites for hydroxylation is 1. The van der Waals surface area contributed by atoms with E-state index in [1.165, 1.54) is 4.31 Å². The van der Waals surface area contributed by atoms with E-state index in [2.05, 4.69) is 0 Å². The summed E-state index contributed by atoms with van der Waals surface area (Å²) in [6, 6.07) is 5.08. The number of carbonyl (C=O) groups is 1. The molecular formula is C11H13NO3S. The van der Waals surface area contributed by atoms with E-state index in [4.69, 9.17) is 0 Å². The number of sulfonamides is 1. The van der Waals surface area contributed by atoms with Gasteiger partial charge in [0.05, 0.1) is 11.4 Å². The quantitative estimate of drug-likeness (QED) is 0.732. The average Bonchev–Trinajstić information content (AvgIpc) is 2.58. The molecule has 1 fully saturated rings. The summed E-state index contributed by atoms with van der Waals surface area (Å²) in [6.45, 7) is 2.33. The van der Waals surface area contributed by atoms with Gasteiger partial charge < -0.3 is 0 Å². The Balaban J connectivity index is 2.42. The van der Waals surface area contributed by atoms with E-state index in [1.54, 1.807) is 25.1 Å². The van der Waals surface area contributed by atoms with Crippen molar-refractivity contribution < 1.29 is 13.2 Å². The van der Waals surface area contributed by atoms with Gasteiger partial charge in [-0.1, -0.05) is 0 Å². The van der Waals surface area contributed by atoms with Gasteiger partial charge in [-0.15, -0.1) is 0 Å². The van der Waals surface area contributed by atoms with Gasteiger partial charge in [0.1, 0.15) is 6.29 Å². The summed E-state index contributed by atoms with van der Waals surface area (Å²) in [6.07, 6.45) is 1.44. The molecule has 0 saturated carbocycles. The van der Waals surface area contributed by atoms with Crippen molar-refractivity contribution in [1.29, 1.82) is 0 Å². The van der Waals surface area contributed by atoms with Crippen molar-refractivity contribution in [2.24, 2.45) is 0 Å². The van der Waals surface area contributed by atoms with Crippen molar-refractivity contribution >= 4 is 22.0 Å². The third-order valence-electron chi connectivity index (χ3n) is 2.77. The van der Waals surface area contributed by atoms with Crippen molar-refractivity contribution in [1.82, 2.24) is 0 Å². The van der Waals surface area contributed by atoms with Gasteiger partial charge in [0.15, 0.2) is 0 Å². The van der Waals surface area contributed by atoms with Crippen LogP contribution in [0.4, 0.5) is 5.69 Å². The molecule has 4 nitrogen and oxygen atoms in total. The number of hydrogen-bond donors (Lipinski definition) is 0. The van der Waals surface area contributed by atoms with Crippen LogP contribution in [0.5, 0.6) is 0 Å². The fourth-order valence-electron chi connectivity index (χ4n) is 1.88. The highest BCUT2D eigenvalue weighted by molar-refractivity contribution is 7.93. The van der Waals surface area contributed by atoms with E-state index in [9.17, 15) is 13.2 Å². The zero-order chi connectivity index (χ0) is 11.8. The van der Waals surface area contributed by atoms with Crippen molar-refractivity contribution in [2.75, 3.05) is 16.6 Å². The molecule has 1 heterocycles. The number of carbonyl (C=O) groups excluding carboxylic acids is 1. The average molecular weight is 239 g/mol. The second-order valence-electron chi connectivity index (χ2n) is 3.90. The lowest BCUT2D eigenvalue weighted by Crippen LogP contribution is -2.25. The lowest BCUT2D eigenvalue weighted by molar-refractivity contribution is 0.112. The lowest BCUT2D eigenvalue weighted by Gasteiger charge is -2.17. The molecule has 0 bridgehead atoms. The molecule has 1 saturated heterocycles. The highest BCUT2D eigenvalue weighted by Gasteiger charge is 2.28. The van der Waals surface area contributed by atoms with Crippen LogP contribution in [0.2, 0.25) is 0 Å². The Morgan fingerprint density at radius 1 is 1.38 bits per heavy atom. The molecule has 1 aromatic rings. The monoisotopic (exact) mass is 239 g/mol. The van der Waals surface area contributed by atoms with E-state index >= 15 is 0 Å². The minimum Gasteiger partial charge on any atom is -0.298 e. The van der Waals surface area contributed by atoms with Crippen LogP contribution >= 0.6 is 0 Å². The second kappa shape index (κ2) is 3.90. The number of anilines is 1. The summed E-state index contributed by atoms with van der Waals surface area (Å²) in [5.41, 5.74) is 2.05. The van der Waals surface area contributed by atoms with Gasteiger partial charge in [0.2, 0.25) is 10.0 Å². The summed E-state index contributed by atoms with van der Waals surface area (Å²) in [4.78, 5) is 10.7. The Labute approximate surface area is 94.9 Å². The van der Waals surface area contributed by atoms with Gasteiger partial charge in [-0.2, -0.15) is 0 Å². The summed E-state index contributed by atoms with van der Waals surface area (Å²) >= 11 is 0. The molecule has 1 aromatic carbocycles. The predicted molar refractivity (Wildman–Crippen MR) is 62.3 cm³/mol. The molecule has 0 unspecified atom stereocenters. The van der Waals surface area contributed by atoms with Crippen LogP contribution in [0.15, 0.2) is 18.2 Å². The maximum absolute atomic E-state index is 11.7. The Bertz CT molecular complexity index is 522. The van der Waals surface area contributed by atoms with Crippen LogP contribution in [-0.4, -0.2) is 27.0 Å². The highest BCUT2D eigenvalue weighted by atomic mass is 32.2. The maximum atomic E-state index is 11.7. The van der Waals surface area contributed by atoms with E-state index in [-0.39, 0.29) is 5.75 Å². The van der Waals surface area contributed by atoms with E-state index in [0.29, 0.717) is 24.2 Å². The minimum atomic E-state index is -3.13. The van der Waals surface area contributed by atoms with E-state index < -0.39 is 10.0 Å². The summed E-state index contributed by atoms with van der Waals surface area (Å²) < 4.78 is 24.8. The van der Waals surface area contributed by atoms with Crippen molar-refractivity contribution in [3.05, 3.63) is 29.3 Å². The van der Waals surface area contributed by atoms with E-state index in [0.717, 1.165) is 11.8 Å². The topological polar surface area (TPSA) is 54.5 Å². The highest BCUT2D eigenvalue weighted by Crippen LogP contribution is 2.25. The standard InChI is InChI=1S/C11H13NO3S/c1-9-7-11(4-3-10(9)8-13)12-5-2-6-16(12,14)15/h3-4,7-8H,2,5-6H2,1H3. The SMILES string of the molecule is Cc1cc(N2CCCS2(=O)=O)ccc1C=O.